The highest BCUT2D eigenvalue weighted by Crippen LogP contribution is 2.34. The second-order valence-electron chi connectivity index (χ2n) is 7.78. The van der Waals surface area contributed by atoms with Gasteiger partial charge in [0.25, 0.3) is 12.9 Å². The van der Waals surface area contributed by atoms with Crippen LogP contribution in [0.3, 0.4) is 0 Å². The molecule has 10 heteroatoms. The molecule has 0 spiro atoms. The van der Waals surface area contributed by atoms with Crippen LogP contribution >= 0.6 is 0 Å². The highest BCUT2D eigenvalue weighted by atomic mass is 16.5. The molecule has 2 aromatic rings. The summed E-state index contributed by atoms with van der Waals surface area (Å²) in [6.07, 6.45) is 5.98. The zero-order valence-corrected chi connectivity index (χ0v) is 18.4. The molecular formula is C22H32N4O6. The molecule has 2 fully saturated rings. The number of morpholine rings is 1. The number of hydrogen-bond donors (Lipinski definition) is 3. The van der Waals surface area contributed by atoms with Gasteiger partial charge in [0.15, 0.2) is 0 Å². The molecule has 32 heavy (non-hydrogen) atoms. The normalized spacial score (nSPS) is 21.9. The van der Waals surface area contributed by atoms with Crippen molar-refractivity contribution < 1.29 is 29.6 Å². The van der Waals surface area contributed by atoms with Crippen LogP contribution in [0.1, 0.15) is 18.9 Å². The number of fused-ring (bicyclic) bond motifs is 1. The topological polar surface area (TPSA) is 128 Å². The smallest absolute Gasteiger partial charge is 0.290 e. The first kappa shape index (κ1) is 25.3. The minimum atomic E-state index is -0.250. The number of nitrogens with zero attached hydrogens (tertiary/aromatic N) is 4. The molecule has 3 atom stereocenters. The van der Waals surface area contributed by atoms with Crippen LogP contribution in [0.25, 0.3) is 11.4 Å². The number of carboxylic acid groups (broad SMARTS) is 2. The number of aliphatic hydroxyl groups excluding tert-OH is 1. The van der Waals surface area contributed by atoms with E-state index in [0.717, 1.165) is 43.9 Å². The molecule has 176 valence electrons. The van der Waals surface area contributed by atoms with E-state index in [0.29, 0.717) is 12.1 Å². The molecule has 3 heterocycles. The summed E-state index contributed by atoms with van der Waals surface area (Å²) in [5.74, 6) is 1.04. The van der Waals surface area contributed by atoms with Crippen LogP contribution in [0.5, 0.6) is 0 Å². The molecule has 2 saturated heterocycles. The van der Waals surface area contributed by atoms with Gasteiger partial charge in [-0.25, -0.2) is 4.98 Å². The fourth-order valence-electron chi connectivity index (χ4n) is 4.18. The Hall–Kier alpha value is -2.95. The van der Waals surface area contributed by atoms with Gasteiger partial charge in [0.05, 0.1) is 12.7 Å². The molecule has 0 radical (unpaired) electrons. The van der Waals surface area contributed by atoms with Crippen molar-refractivity contribution in [3.63, 3.8) is 0 Å². The SMILES string of the molecule is CN(C)c1ccc(-c2nccn2[C@@H]2C[C@H]3CO[C@@H](CCO)CN3C2)cc1.O=CO.O=CO. The third kappa shape index (κ3) is 6.52. The van der Waals surface area contributed by atoms with Crippen LogP contribution in [-0.2, 0) is 14.3 Å². The summed E-state index contributed by atoms with van der Waals surface area (Å²) in [4.78, 5) is 26.0. The number of rotatable bonds is 5. The van der Waals surface area contributed by atoms with Crippen molar-refractivity contribution >= 4 is 18.6 Å². The molecular weight excluding hydrogens is 416 g/mol. The molecule has 2 aliphatic rings. The standard InChI is InChI=1S/C20H28N4O2.2CH2O2/c1-22(2)16-5-3-15(4-6-16)20-21-8-9-24(20)17-11-18-14-26-19(7-10-25)13-23(18)12-17;2*2-1-3/h3-6,8-9,17-19,25H,7,10-14H2,1-2H3;2*1H,(H,2,3)/t17-,18+,19+;;/m1../s1. The summed E-state index contributed by atoms with van der Waals surface area (Å²) < 4.78 is 8.24. The fourth-order valence-corrected chi connectivity index (χ4v) is 4.18. The Morgan fingerprint density at radius 3 is 2.38 bits per heavy atom. The zero-order valence-electron chi connectivity index (χ0n) is 18.4. The second kappa shape index (κ2) is 12.8. The lowest BCUT2D eigenvalue weighted by molar-refractivity contribution is -0.123. The number of carbonyl (C=O) groups is 2. The van der Waals surface area contributed by atoms with Gasteiger partial charge in [-0.2, -0.15) is 0 Å². The van der Waals surface area contributed by atoms with E-state index in [1.165, 1.54) is 5.69 Å². The number of aliphatic hydroxyl groups is 1. The largest absolute Gasteiger partial charge is 0.483 e. The van der Waals surface area contributed by atoms with Gasteiger partial charge in [0.2, 0.25) is 0 Å². The first-order chi connectivity index (χ1) is 15.5. The Bertz CT molecular complexity index is 820. The number of anilines is 1. The van der Waals surface area contributed by atoms with E-state index in [1.807, 2.05) is 6.20 Å². The van der Waals surface area contributed by atoms with E-state index in [9.17, 15) is 0 Å². The van der Waals surface area contributed by atoms with Gasteiger partial charge in [-0.15, -0.1) is 0 Å². The number of ether oxygens (including phenoxy) is 1. The summed E-state index contributed by atoms with van der Waals surface area (Å²) in [6.45, 7) is 2.41. The van der Waals surface area contributed by atoms with Crippen LogP contribution < -0.4 is 4.90 Å². The minimum Gasteiger partial charge on any atom is -0.483 e. The summed E-state index contributed by atoms with van der Waals surface area (Å²) in [5, 5.41) is 22.9. The van der Waals surface area contributed by atoms with E-state index >= 15 is 0 Å². The quantitative estimate of drug-likeness (QED) is 0.582. The van der Waals surface area contributed by atoms with Crippen molar-refractivity contribution in [2.45, 2.75) is 31.0 Å². The van der Waals surface area contributed by atoms with Crippen molar-refractivity contribution in [3.8, 4) is 11.4 Å². The minimum absolute atomic E-state index is 0.163. The Morgan fingerprint density at radius 1 is 1.12 bits per heavy atom. The second-order valence-corrected chi connectivity index (χ2v) is 7.78. The molecule has 1 aromatic carbocycles. The molecule has 0 saturated carbocycles. The summed E-state index contributed by atoms with van der Waals surface area (Å²) >= 11 is 0. The molecule has 1 aromatic heterocycles. The highest BCUT2D eigenvalue weighted by Gasteiger charge is 2.38. The monoisotopic (exact) mass is 448 g/mol. The first-order valence-corrected chi connectivity index (χ1v) is 10.4. The van der Waals surface area contributed by atoms with Gasteiger partial charge >= 0.3 is 0 Å². The Kier molecular flexibility index (Phi) is 10.1. The highest BCUT2D eigenvalue weighted by molar-refractivity contribution is 5.60. The third-order valence-electron chi connectivity index (χ3n) is 5.62. The van der Waals surface area contributed by atoms with Crippen molar-refractivity contribution in [1.29, 1.82) is 0 Å². The average Bonchev–Trinajstić information content (AvgIpc) is 3.42. The van der Waals surface area contributed by atoms with E-state index in [1.54, 1.807) is 0 Å². The van der Waals surface area contributed by atoms with Crippen LogP contribution in [0, 0.1) is 0 Å². The summed E-state index contributed by atoms with van der Waals surface area (Å²) in [5.41, 5.74) is 2.34. The van der Waals surface area contributed by atoms with E-state index in [4.69, 9.17) is 29.6 Å². The number of imidazole rings is 1. The van der Waals surface area contributed by atoms with Gasteiger partial charge in [-0.1, -0.05) is 0 Å². The van der Waals surface area contributed by atoms with Crippen molar-refractivity contribution in [2.75, 3.05) is 45.3 Å². The van der Waals surface area contributed by atoms with Crippen molar-refractivity contribution in [3.05, 3.63) is 36.7 Å². The number of benzene rings is 1. The predicted octanol–water partition coefficient (Wildman–Crippen LogP) is 1.41. The van der Waals surface area contributed by atoms with Gasteiger partial charge in [0, 0.05) is 69.5 Å². The van der Waals surface area contributed by atoms with E-state index in [-0.39, 0.29) is 25.7 Å². The molecule has 0 amide bonds. The van der Waals surface area contributed by atoms with E-state index in [2.05, 4.69) is 63.9 Å². The Labute approximate surface area is 187 Å². The molecule has 2 aliphatic heterocycles. The lowest BCUT2D eigenvalue weighted by Gasteiger charge is -2.34. The Morgan fingerprint density at radius 2 is 1.78 bits per heavy atom. The number of aromatic nitrogens is 2. The number of hydrogen-bond acceptors (Lipinski definition) is 7. The third-order valence-corrected chi connectivity index (χ3v) is 5.62. The van der Waals surface area contributed by atoms with Crippen LogP contribution in [-0.4, -0.2) is 95.3 Å². The fraction of sp³-hybridized carbons (Fsp3) is 0.500. The summed E-state index contributed by atoms with van der Waals surface area (Å²) in [7, 11) is 4.10. The molecule has 10 nitrogen and oxygen atoms in total. The molecule has 4 rings (SSSR count). The summed E-state index contributed by atoms with van der Waals surface area (Å²) in [6, 6.07) is 9.47. The lowest BCUT2D eigenvalue weighted by Crippen LogP contribution is -2.46. The van der Waals surface area contributed by atoms with Gasteiger partial charge in [0.1, 0.15) is 5.82 Å². The molecule has 0 bridgehead atoms. The van der Waals surface area contributed by atoms with Crippen molar-refractivity contribution in [2.24, 2.45) is 0 Å². The maximum absolute atomic E-state index is 9.16. The predicted molar refractivity (Wildman–Crippen MR) is 120 cm³/mol. The molecule has 3 N–H and O–H groups in total. The first-order valence-electron chi connectivity index (χ1n) is 10.4. The zero-order chi connectivity index (χ0) is 23.5. The lowest BCUT2D eigenvalue weighted by atomic mass is 10.1. The van der Waals surface area contributed by atoms with Gasteiger partial charge in [-0.05, 0) is 37.1 Å². The van der Waals surface area contributed by atoms with Crippen LogP contribution in [0.2, 0.25) is 0 Å². The van der Waals surface area contributed by atoms with Crippen molar-refractivity contribution in [1.82, 2.24) is 14.5 Å². The Balaban J connectivity index is 0.000000547. The van der Waals surface area contributed by atoms with Crippen LogP contribution in [0.15, 0.2) is 36.7 Å². The van der Waals surface area contributed by atoms with E-state index < -0.39 is 0 Å². The van der Waals surface area contributed by atoms with Gasteiger partial charge < -0.3 is 29.5 Å². The average molecular weight is 449 g/mol. The maximum Gasteiger partial charge on any atom is 0.290 e. The maximum atomic E-state index is 9.16. The van der Waals surface area contributed by atoms with Crippen LogP contribution in [0.4, 0.5) is 5.69 Å². The van der Waals surface area contributed by atoms with Gasteiger partial charge in [-0.3, -0.25) is 14.5 Å². The molecule has 0 unspecified atom stereocenters. The molecule has 0 aliphatic carbocycles.